The van der Waals surface area contributed by atoms with E-state index in [0.29, 0.717) is 6.61 Å². The van der Waals surface area contributed by atoms with Crippen LogP contribution in [0.3, 0.4) is 0 Å². The number of likely N-dealkylation sites (tertiary alicyclic amines) is 1. The third kappa shape index (κ3) is 7.17. The number of unbranched alkanes of at least 4 members (excludes halogenated alkanes) is 1. The summed E-state index contributed by atoms with van der Waals surface area (Å²) < 4.78 is 11.0. The summed E-state index contributed by atoms with van der Waals surface area (Å²) in [6, 6.07) is 8.04. The molecule has 0 aromatic heterocycles. The molecule has 2 heterocycles. The largest absolute Gasteiger partial charge is 0.465 e. The van der Waals surface area contributed by atoms with Gasteiger partial charge in [0.1, 0.15) is 6.54 Å². The van der Waals surface area contributed by atoms with Crippen LogP contribution in [0.15, 0.2) is 35.8 Å². The normalized spacial score (nSPS) is 18.4. The Kier molecular flexibility index (Phi) is 10.1. The Morgan fingerprint density at radius 3 is 2.67 bits per heavy atom. The molecule has 2 aliphatic rings. The number of nitrogens with zero attached hydrogens (tertiary/aromatic N) is 4. The van der Waals surface area contributed by atoms with Gasteiger partial charge in [-0.15, -0.1) is 0 Å². The number of rotatable bonds is 13. The average molecular weight is 503 g/mol. The van der Waals surface area contributed by atoms with E-state index < -0.39 is 22.9 Å². The van der Waals surface area contributed by atoms with Gasteiger partial charge in [0.15, 0.2) is 5.82 Å². The van der Waals surface area contributed by atoms with Crippen molar-refractivity contribution < 1.29 is 19.2 Å². The zero-order valence-corrected chi connectivity index (χ0v) is 21.5. The van der Waals surface area contributed by atoms with Gasteiger partial charge in [-0.3, -0.25) is 25.2 Å². The highest BCUT2D eigenvalue weighted by atomic mass is 16.6. The van der Waals surface area contributed by atoms with Crippen LogP contribution in [0.5, 0.6) is 0 Å². The van der Waals surface area contributed by atoms with Crippen molar-refractivity contribution in [3.8, 4) is 0 Å². The second-order valence-corrected chi connectivity index (χ2v) is 9.10. The molecular weight excluding hydrogens is 464 g/mol. The van der Waals surface area contributed by atoms with Crippen LogP contribution < -0.4 is 5.32 Å². The summed E-state index contributed by atoms with van der Waals surface area (Å²) >= 11 is 0. The second kappa shape index (κ2) is 13.2. The maximum Gasteiger partial charge on any atom is 0.350 e. The Morgan fingerprint density at radius 2 is 2.00 bits per heavy atom. The number of amidine groups is 1. The van der Waals surface area contributed by atoms with Gasteiger partial charge < -0.3 is 24.6 Å². The minimum absolute atomic E-state index is 0.0718. The fourth-order valence-electron chi connectivity index (χ4n) is 4.41. The van der Waals surface area contributed by atoms with Crippen LogP contribution in [-0.4, -0.2) is 77.7 Å². The van der Waals surface area contributed by atoms with Gasteiger partial charge in [0.2, 0.25) is 12.2 Å². The smallest absolute Gasteiger partial charge is 0.350 e. The van der Waals surface area contributed by atoms with Crippen molar-refractivity contribution in [2.75, 3.05) is 39.9 Å². The Labute approximate surface area is 212 Å². The predicted octanol–water partition coefficient (Wildman–Crippen LogP) is 2.71. The van der Waals surface area contributed by atoms with Crippen molar-refractivity contribution >= 4 is 11.8 Å². The van der Waals surface area contributed by atoms with Gasteiger partial charge in [-0.1, -0.05) is 37.6 Å². The molecule has 1 saturated heterocycles. The lowest BCUT2D eigenvalue weighted by Gasteiger charge is -2.38. The van der Waals surface area contributed by atoms with E-state index in [2.05, 4.69) is 22.3 Å². The number of carbonyl (C=O) groups is 1. The lowest BCUT2D eigenvalue weighted by atomic mass is 10.1. The molecular formula is C25H38N6O5. The molecule has 0 spiro atoms. The van der Waals surface area contributed by atoms with Gasteiger partial charge in [-0.2, -0.15) is 0 Å². The van der Waals surface area contributed by atoms with Crippen LogP contribution in [0.2, 0.25) is 0 Å². The van der Waals surface area contributed by atoms with Crippen LogP contribution in [0.25, 0.3) is 0 Å². The van der Waals surface area contributed by atoms with Crippen molar-refractivity contribution in [3.63, 3.8) is 0 Å². The lowest BCUT2D eigenvalue weighted by molar-refractivity contribution is -0.420. The molecule has 3 rings (SSSR count). The summed E-state index contributed by atoms with van der Waals surface area (Å²) in [5, 5.41) is 23.6. The molecule has 1 aromatic carbocycles. The van der Waals surface area contributed by atoms with E-state index in [1.54, 1.807) is 18.9 Å². The van der Waals surface area contributed by atoms with Crippen LogP contribution in [0.1, 0.15) is 50.7 Å². The highest BCUT2D eigenvalue weighted by Crippen LogP contribution is 2.23. The van der Waals surface area contributed by atoms with Gasteiger partial charge in [-0.25, -0.2) is 0 Å². The molecule has 0 radical (unpaired) electrons. The van der Waals surface area contributed by atoms with Crippen LogP contribution in [-0.2, 0) is 27.4 Å². The van der Waals surface area contributed by atoms with Crippen molar-refractivity contribution in [2.45, 2.75) is 59.0 Å². The van der Waals surface area contributed by atoms with E-state index in [1.165, 1.54) is 17.7 Å². The fourth-order valence-corrected chi connectivity index (χ4v) is 4.41. The zero-order chi connectivity index (χ0) is 26.1. The predicted molar refractivity (Wildman–Crippen MR) is 135 cm³/mol. The summed E-state index contributed by atoms with van der Waals surface area (Å²) in [6.45, 7) is 7.42. The first-order chi connectivity index (χ1) is 17.3. The number of benzene rings is 1. The molecule has 11 nitrogen and oxygen atoms in total. The van der Waals surface area contributed by atoms with Crippen molar-refractivity contribution in [3.05, 3.63) is 57.0 Å². The summed E-state index contributed by atoms with van der Waals surface area (Å²) in [7, 11) is 1.57. The molecule has 2 aliphatic heterocycles. The molecule has 0 saturated carbocycles. The first-order valence-electron chi connectivity index (χ1n) is 12.6. The quantitative estimate of drug-likeness (QED) is 0.181. The van der Waals surface area contributed by atoms with Gasteiger partial charge in [0.05, 0.1) is 18.1 Å². The standard InChI is InChI=1S/C25H38N6O5/c1-4-6-14-36-25-27-24(22(31(33)34)23(26)28(25)3)30(18-21(32)35-5-2)17-20-11-9-10-19(15-20)16-29-12-7-8-13-29/h9-11,15,25-27H,4-8,12-14,16-18H2,1-3H3. The van der Waals surface area contributed by atoms with Gasteiger partial charge >= 0.3 is 11.7 Å². The molecule has 36 heavy (non-hydrogen) atoms. The van der Waals surface area contributed by atoms with Gasteiger partial charge in [0, 0.05) is 20.1 Å². The number of carbonyl (C=O) groups excluding carboxylic acids is 1. The number of ether oxygens (including phenoxy) is 2. The lowest BCUT2D eigenvalue weighted by Crippen LogP contribution is -2.57. The molecule has 0 aliphatic carbocycles. The van der Waals surface area contributed by atoms with Crippen molar-refractivity contribution in [2.24, 2.45) is 0 Å². The highest BCUT2D eigenvalue weighted by Gasteiger charge is 2.40. The Bertz CT molecular complexity index is 962. The minimum Gasteiger partial charge on any atom is -0.465 e. The Balaban J connectivity index is 1.91. The number of hydrogen-bond donors (Lipinski definition) is 2. The maximum absolute atomic E-state index is 12.5. The highest BCUT2D eigenvalue weighted by molar-refractivity contribution is 5.95. The van der Waals surface area contributed by atoms with Crippen molar-refractivity contribution in [1.82, 2.24) is 20.0 Å². The average Bonchev–Trinajstić information content (AvgIpc) is 3.34. The van der Waals surface area contributed by atoms with Crippen LogP contribution in [0, 0.1) is 15.5 Å². The summed E-state index contributed by atoms with van der Waals surface area (Å²) in [5.74, 6) is -0.717. The van der Waals surface area contributed by atoms with Crippen LogP contribution in [0.4, 0.5) is 0 Å². The van der Waals surface area contributed by atoms with Crippen molar-refractivity contribution in [1.29, 1.82) is 5.41 Å². The van der Waals surface area contributed by atoms with E-state index in [4.69, 9.17) is 14.9 Å². The summed E-state index contributed by atoms with van der Waals surface area (Å²) in [5.41, 5.74) is 1.64. The topological polar surface area (TPSA) is 124 Å². The third-order valence-electron chi connectivity index (χ3n) is 6.28. The Hall–Kier alpha value is -3.18. The van der Waals surface area contributed by atoms with E-state index in [1.807, 2.05) is 19.1 Å². The molecule has 1 atom stereocenters. The van der Waals surface area contributed by atoms with Gasteiger partial charge in [0.25, 0.3) is 0 Å². The molecule has 0 amide bonds. The summed E-state index contributed by atoms with van der Waals surface area (Å²) in [4.78, 5) is 29.3. The minimum atomic E-state index is -0.769. The molecule has 2 N–H and O–H groups in total. The number of nitro groups is 1. The molecule has 1 fully saturated rings. The number of hydrogen-bond acceptors (Lipinski definition) is 9. The number of esters is 1. The molecule has 1 aromatic rings. The fraction of sp³-hybridized carbons (Fsp3) is 0.600. The third-order valence-corrected chi connectivity index (χ3v) is 6.28. The number of likely N-dealkylation sites (N-methyl/N-ethyl adjacent to an activating group) is 1. The number of nitrogens with one attached hydrogen (secondary N) is 2. The molecule has 11 heteroatoms. The molecule has 1 unspecified atom stereocenters. The van der Waals surface area contributed by atoms with E-state index in [0.717, 1.165) is 43.6 Å². The maximum atomic E-state index is 12.5. The molecule has 198 valence electrons. The zero-order valence-electron chi connectivity index (χ0n) is 21.5. The first kappa shape index (κ1) is 27.4. The van der Waals surface area contributed by atoms with Crippen LogP contribution >= 0.6 is 0 Å². The SMILES string of the molecule is CCCCOC1NC(N(CC(=O)OCC)Cc2cccc(CN3CCCC3)c2)=C([N+](=O)[O-])C(=N)N1C. The first-order valence-corrected chi connectivity index (χ1v) is 12.6. The van der Waals surface area contributed by atoms with Gasteiger partial charge in [-0.05, 0) is 50.4 Å². The molecule has 0 bridgehead atoms. The second-order valence-electron chi connectivity index (χ2n) is 9.10. The van der Waals surface area contributed by atoms with E-state index in [-0.39, 0.29) is 31.4 Å². The van der Waals surface area contributed by atoms with E-state index >= 15 is 0 Å². The monoisotopic (exact) mass is 502 g/mol. The van der Waals surface area contributed by atoms with E-state index in [9.17, 15) is 14.9 Å². The summed E-state index contributed by atoms with van der Waals surface area (Å²) in [6.07, 6.45) is 3.39. The Morgan fingerprint density at radius 1 is 1.28 bits per heavy atom.